The highest BCUT2D eigenvalue weighted by Gasteiger charge is 2.47. The van der Waals surface area contributed by atoms with Gasteiger partial charge >= 0.3 is 11.9 Å². The van der Waals surface area contributed by atoms with Gasteiger partial charge in [0.25, 0.3) is 0 Å². The minimum absolute atomic E-state index is 0.154. The monoisotopic (exact) mass is 957 g/mol. The zero-order valence-corrected chi connectivity index (χ0v) is 41.1. The molecule has 7 N–H and O–H groups in total. The summed E-state index contributed by atoms with van der Waals surface area (Å²) in [5.41, 5.74) is 0. The Hall–Kier alpha value is -2.28. The number of unbranched alkanes of at least 4 members (excludes halogenated alkanes) is 20. The lowest BCUT2D eigenvalue weighted by Crippen LogP contribution is -2.61. The molecule has 0 aromatic heterocycles. The molecule has 2 aliphatic rings. The fourth-order valence-corrected chi connectivity index (χ4v) is 8.01. The third-order valence-electron chi connectivity index (χ3n) is 12.3. The Balaban J connectivity index is 1.81. The highest BCUT2D eigenvalue weighted by molar-refractivity contribution is 5.70. The Bertz CT molecular complexity index is 1310. The quantitative estimate of drug-likeness (QED) is 0.0181. The third kappa shape index (κ3) is 27.6. The van der Waals surface area contributed by atoms with Gasteiger partial charge < -0.3 is 64.2 Å². The smallest absolute Gasteiger partial charge is 0.306 e. The van der Waals surface area contributed by atoms with Crippen LogP contribution in [0.1, 0.15) is 187 Å². The van der Waals surface area contributed by atoms with Crippen molar-refractivity contribution >= 4 is 11.9 Å². The first-order valence-electron chi connectivity index (χ1n) is 26.1. The molecule has 2 rings (SSSR count). The minimum atomic E-state index is -1.77. The number of carbonyl (C=O) groups excluding carboxylic acids is 2. The predicted molar refractivity (Wildman–Crippen MR) is 257 cm³/mol. The molecule has 0 amide bonds. The standard InChI is InChI=1S/C52H92O15/c1-3-5-7-9-11-13-15-17-19-20-21-23-24-26-28-30-32-34-43(54)62-37-40(65-44(55)35-33-31-29-27-25-22-18-16-14-12-10-8-6-4-2)38-63-51-50(61)48(59)46(57)42(67-51)39-64-52-49(60)47(58)45(56)41(36-53)66-52/h11,13,16-19,40-42,45-53,56-61H,3-10,12,14-15,20-39H2,1-2H3/b13-11+,18-16+,19-17+/t40-,41+,42+,45-,46-,47?,48?,49?,50?,51+,52+/m0/s1. The first-order valence-corrected chi connectivity index (χ1v) is 26.1. The maximum Gasteiger partial charge on any atom is 0.306 e. The Morgan fingerprint density at radius 3 is 1.43 bits per heavy atom. The topological polar surface area (TPSA) is 231 Å². The average Bonchev–Trinajstić information content (AvgIpc) is 3.32. The summed E-state index contributed by atoms with van der Waals surface area (Å²) >= 11 is 0. The van der Waals surface area contributed by atoms with Gasteiger partial charge in [0.2, 0.25) is 0 Å². The maximum atomic E-state index is 13.0. The van der Waals surface area contributed by atoms with Crippen molar-refractivity contribution in [2.45, 2.75) is 255 Å². The van der Waals surface area contributed by atoms with Crippen LogP contribution in [0.25, 0.3) is 0 Å². The van der Waals surface area contributed by atoms with Gasteiger partial charge in [-0.3, -0.25) is 9.59 Å². The van der Waals surface area contributed by atoms with Gasteiger partial charge in [-0.05, 0) is 70.6 Å². The van der Waals surface area contributed by atoms with E-state index >= 15 is 0 Å². The molecule has 0 radical (unpaired) electrons. The van der Waals surface area contributed by atoms with Crippen LogP contribution in [0.5, 0.6) is 0 Å². The van der Waals surface area contributed by atoms with Crippen molar-refractivity contribution in [1.29, 1.82) is 0 Å². The summed E-state index contributed by atoms with van der Waals surface area (Å²) in [6.07, 6.45) is 24.5. The molecule has 2 aliphatic heterocycles. The lowest BCUT2D eigenvalue weighted by molar-refractivity contribution is -0.332. The van der Waals surface area contributed by atoms with Gasteiger partial charge in [0, 0.05) is 12.8 Å². The molecule has 15 nitrogen and oxygen atoms in total. The second kappa shape index (κ2) is 39.4. The maximum absolute atomic E-state index is 13.0. The van der Waals surface area contributed by atoms with E-state index in [-0.39, 0.29) is 26.1 Å². The predicted octanol–water partition coefficient (Wildman–Crippen LogP) is 7.32. The van der Waals surface area contributed by atoms with Gasteiger partial charge in [-0.25, -0.2) is 0 Å². The second-order valence-corrected chi connectivity index (χ2v) is 18.3. The van der Waals surface area contributed by atoms with Crippen molar-refractivity contribution in [1.82, 2.24) is 0 Å². The summed E-state index contributed by atoms with van der Waals surface area (Å²) in [7, 11) is 0. The Labute approximate surface area is 402 Å². The summed E-state index contributed by atoms with van der Waals surface area (Å²) in [4.78, 5) is 25.8. The minimum Gasteiger partial charge on any atom is -0.462 e. The Kier molecular flexibility index (Phi) is 35.8. The van der Waals surface area contributed by atoms with Gasteiger partial charge in [0.15, 0.2) is 18.7 Å². The van der Waals surface area contributed by atoms with Crippen molar-refractivity contribution in [3.05, 3.63) is 36.5 Å². The van der Waals surface area contributed by atoms with E-state index in [1.165, 1.54) is 70.6 Å². The van der Waals surface area contributed by atoms with E-state index in [0.29, 0.717) is 12.8 Å². The van der Waals surface area contributed by atoms with Crippen LogP contribution in [0.4, 0.5) is 0 Å². The van der Waals surface area contributed by atoms with Crippen molar-refractivity contribution in [2.24, 2.45) is 0 Å². The Morgan fingerprint density at radius 2 is 0.896 bits per heavy atom. The van der Waals surface area contributed by atoms with E-state index in [1.54, 1.807) is 0 Å². The SMILES string of the molecule is CCCCC/C=C/C/C=C/CCCCCCCCCC(=O)OC[C@@H](CO[C@@H]1O[C@H](CO[C@@H]2O[C@H](CO)[C@H](O)C(O)C2O)[C@H](O)C(O)C1O)OC(=O)CCCCCCC/C=C/CCCCCCC. The molecule has 0 saturated carbocycles. The number of hydrogen-bond acceptors (Lipinski definition) is 15. The molecule has 67 heavy (non-hydrogen) atoms. The second-order valence-electron chi connectivity index (χ2n) is 18.3. The first-order chi connectivity index (χ1) is 32.5. The average molecular weight is 957 g/mol. The van der Waals surface area contributed by atoms with Crippen LogP contribution in [0.2, 0.25) is 0 Å². The van der Waals surface area contributed by atoms with Crippen LogP contribution in [-0.2, 0) is 38.0 Å². The highest BCUT2D eigenvalue weighted by atomic mass is 16.7. The number of ether oxygens (including phenoxy) is 6. The van der Waals surface area contributed by atoms with E-state index in [2.05, 4.69) is 50.3 Å². The third-order valence-corrected chi connectivity index (χ3v) is 12.3. The van der Waals surface area contributed by atoms with Crippen LogP contribution < -0.4 is 0 Å². The molecule has 390 valence electrons. The van der Waals surface area contributed by atoms with Crippen LogP contribution >= 0.6 is 0 Å². The van der Waals surface area contributed by atoms with E-state index in [4.69, 9.17) is 28.4 Å². The summed E-state index contributed by atoms with van der Waals surface area (Å²) in [5, 5.41) is 72.1. The molecule has 2 fully saturated rings. The zero-order chi connectivity index (χ0) is 48.9. The highest BCUT2D eigenvalue weighted by Crippen LogP contribution is 2.26. The van der Waals surface area contributed by atoms with Crippen LogP contribution in [0.3, 0.4) is 0 Å². The molecular weight excluding hydrogens is 865 g/mol. The molecular formula is C52H92O15. The first kappa shape index (κ1) is 60.8. The molecule has 0 spiro atoms. The molecule has 0 aromatic rings. The summed E-state index contributed by atoms with van der Waals surface area (Å²) in [5.74, 6) is -0.942. The number of esters is 2. The zero-order valence-electron chi connectivity index (χ0n) is 41.1. The molecule has 0 aliphatic carbocycles. The van der Waals surface area contributed by atoms with Gasteiger partial charge in [0.05, 0.1) is 19.8 Å². The van der Waals surface area contributed by atoms with Crippen LogP contribution in [0, 0.1) is 0 Å². The number of hydrogen-bond donors (Lipinski definition) is 7. The Morgan fingerprint density at radius 1 is 0.478 bits per heavy atom. The number of allylic oxidation sites excluding steroid dienone is 6. The lowest BCUT2D eigenvalue weighted by Gasteiger charge is -2.42. The largest absolute Gasteiger partial charge is 0.462 e. The van der Waals surface area contributed by atoms with Crippen molar-refractivity contribution in [3.63, 3.8) is 0 Å². The number of rotatable bonds is 40. The van der Waals surface area contributed by atoms with Crippen molar-refractivity contribution in [3.8, 4) is 0 Å². The van der Waals surface area contributed by atoms with Crippen LogP contribution in [0.15, 0.2) is 36.5 Å². The summed E-state index contributed by atoms with van der Waals surface area (Å²) in [6.45, 7) is 2.54. The van der Waals surface area contributed by atoms with E-state index in [9.17, 15) is 45.3 Å². The van der Waals surface area contributed by atoms with Gasteiger partial charge in [-0.1, -0.05) is 140 Å². The molecule has 11 atom stereocenters. The normalized spacial score (nSPS) is 26.2. The summed E-state index contributed by atoms with van der Waals surface area (Å²) < 4.78 is 33.6. The van der Waals surface area contributed by atoms with Gasteiger partial charge in [-0.15, -0.1) is 0 Å². The fourth-order valence-electron chi connectivity index (χ4n) is 8.01. The van der Waals surface area contributed by atoms with Crippen LogP contribution in [-0.4, -0.2) is 142 Å². The van der Waals surface area contributed by atoms with Gasteiger partial charge in [0.1, 0.15) is 55.4 Å². The van der Waals surface area contributed by atoms with E-state index in [0.717, 1.165) is 77.0 Å². The number of carbonyl (C=O) groups is 2. The lowest BCUT2D eigenvalue weighted by atomic mass is 9.98. The van der Waals surface area contributed by atoms with Gasteiger partial charge in [-0.2, -0.15) is 0 Å². The molecule has 2 heterocycles. The number of aliphatic hydroxyl groups excluding tert-OH is 7. The van der Waals surface area contributed by atoms with E-state index < -0.39 is 92.7 Å². The molecule has 2 saturated heterocycles. The van der Waals surface area contributed by atoms with E-state index in [1.807, 2.05) is 0 Å². The summed E-state index contributed by atoms with van der Waals surface area (Å²) in [6, 6.07) is 0. The fraction of sp³-hybridized carbons (Fsp3) is 0.846. The molecule has 15 heteroatoms. The molecule has 0 aromatic carbocycles. The molecule has 4 unspecified atom stereocenters. The number of aliphatic hydroxyl groups is 7. The van der Waals surface area contributed by atoms with Crippen molar-refractivity contribution < 1.29 is 73.8 Å². The molecule has 0 bridgehead atoms. The van der Waals surface area contributed by atoms with Crippen molar-refractivity contribution in [2.75, 3.05) is 26.4 Å².